The Hall–Kier alpha value is -2.16. The maximum absolute atomic E-state index is 12.1. The Kier molecular flexibility index (Phi) is 6.74. The third kappa shape index (κ3) is 4.91. The number of nitrogens with zero attached hydrogens (tertiary/aromatic N) is 3. The highest BCUT2D eigenvalue weighted by Gasteiger charge is 2.18. The first-order valence-corrected chi connectivity index (χ1v) is 8.38. The second-order valence-corrected chi connectivity index (χ2v) is 5.98. The van der Waals surface area contributed by atoms with Gasteiger partial charge in [-0.25, -0.2) is 4.68 Å². The average Bonchev–Trinajstić information content (AvgIpc) is 3.03. The SMILES string of the molecule is CCCNCCNC(=O)c1ccn(-c2c(Cl)cc([N+](=O)[O-])cc2Cl)n1. The molecule has 0 spiro atoms. The minimum Gasteiger partial charge on any atom is -0.349 e. The number of non-ortho nitro benzene ring substituents is 1. The van der Waals surface area contributed by atoms with Gasteiger partial charge < -0.3 is 10.6 Å². The Labute approximate surface area is 154 Å². The normalized spacial score (nSPS) is 10.7. The molecular formula is C15H17Cl2N5O3. The highest BCUT2D eigenvalue weighted by atomic mass is 35.5. The molecule has 0 fully saturated rings. The van der Waals surface area contributed by atoms with Crippen LogP contribution >= 0.6 is 23.2 Å². The van der Waals surface area contributed by atoms with E-state index in [4.69, 9.17) is 23.2 Å². The van der Waals surface area contributed by atoms with Crippen LogP contribution in [0.15, 0.2) is 24.4 Å². The predicted octanol–water partition coefficient (Wildman–Crippen LogP) is 2.82. The van der Waals surface area contributed by atoms with Crippen LogP contribution in [-0.4, -0.2) is 40.2 Å². The number of rotatable bonds is 8. The van der Waals surface area contributed by atoms with Crippen LogP contribution in [-0.2, 0) is 0 Å². The summed E-state index contributed by atoms with van der Waals surface area (Å²) in [6.45, 7) is 4.10. The monoisotopic (exact) mass is 385 g/mol. The zero-order chi connectivity index (χ0) is 18.4. The van der Waals surface area contributed by atoms with Gasteiger partial charge in [-0.2, -0.15) is 5.10 Å². The molecule has 0 aliphatic rings. The molecule has 2 aromatic rings. The van der Waals surface area contributed by atoms with Crippen molar-refractivity contribution in [2.24, 2.45) is 0 Å². The van der Waals surface area contributed by atoms with Crippen molar-refractivity contribution in [2.45, 2.75) is 13.3 Å². The fourth-order valence-corrected chi connectivity index (χ4v) is 2.75. The lowest BCUT2D eigenvalue weighted by Crippen LogP contribution is -2.32. The van der Waals surface area contributed by atoms with Gasteiger partial charge in [-0.3, -0.25) is 14.9 Å². The smallest absolute Gasteiger partial charge is 0.272 e. The molecule has 2 N–H and O–H groups in total. The number of halogens is 2. The van der Waals surface area contributed by atoms with E-state index in [2.05, 4.69) is 22.7 Å². The number of hydrogen-bond acceptors (Lipinski definition) is 5. The van der Waals surface area contributed by atoms with Gasteiger partial charge in [-0.15, -0.1) is 0 Å². The van der Waals surface area contributed by atoms with Crippen LogP contribution in [0.4, 0.5) is 5.69 Å². The van der Waals surface area contributed by atoms with E-state index < -0.39 is 4.92 Å². The van der Waals surface area contributed by atoms with Gasteiger partial charge in [0.1, 0.15) is 5.69 Å². The largest absolute Gasteiger partial charge is 0.349 e. The number of carbonyl (C=O) groups is 1. The Morgan fingerprint density at radius 1 is 1.28 bits per heavy atom. The fourth-order valence-electron chi connectivity index (χ4n) is 2.10. The molecule has 0 atom stereocenters. The predicted molar refractivity (Wildman–Crippen MR) is 95.7 cm³/mol. The van der Waals surface area contributed by atoms with Gasteiger partial charge in [0, 0.05) is 31.4 Å². The summed E-state index contributed by atoms with van der Waals surface area (Å²) in [5, 5.41) is 21.0. The van der Waals surface area contributed by atoms with Crippen molar-refractivity contribution >= 4 is 34.8 Å². The lowest BCUT2D eigenvalue weighted by molar-refractivity contribution is -0.384. The van der Waals surface area contributed by atoms with Crippen LogP contribution in [0.1, 0.15) is 23.8 Å². The Bertz CT molecular complexity index is 755. The number of carbonyl (C=O) groups excluding carboxylic acids is 1. The number of hydrogen-bond donors (Lipinski definition) is 2. The van der Waals surface area contributed by atoms with Crippen molar-refractivity contribution in [2.75, 3.05) is 19.6 Å². The maximum atomic E-state index is 12.1. The van der Waals surface area contributed by atoms with E-state index in [-0.39, 0.29) is 33.0 Å². The molecule has 0 bridgehead atoms. The average molecular weight is 386 g/mol. The molecule has 1 heterocycles. The summed E-state index contributed by atoms with van der Waals surface area (Å²) in [5.74, 6) is -0.328. The number of nitrogens with one attached hydrogen (secondary N) is 2. The molecule has 0 unspecified atom stereocenters. The zero-order valence-electron chi connectivity index (χ0n) is 13.5. The second-order valence-electron chi connectivity index (χ2n) is 5.17. The van der Waals surface area contributed by atoms with E-state index >= 15 is 0 Å². The molecule has 1 aromatic carbocycles. The lowest BCUT2D eigenvalue weighted by Gasteiger charge is -2.07. The lowest BCUT2D eigenvalue weighted by atomic mass is 10.3. The quantitative estimate of drug-likeness (QED) is 0.413. The van der Waals surface area contributed by atoms with E-state index in [1.807, 2.05) is 0 Å². The number of benzene rings is 1. The van der Waals surface area contributed by atoms with Gasteiger partial charge in [0.2, 0.25) is 0 Å². The van der Waals surface area contributed by atoms with Gasteiger partial charge in [-0.1, -0.05) is 30.1 Å². The maximum Gasteiger partial charge on any atom is 0.272 e. The molecule has 0 aliphatic heterocycles. The van der Waals surface area contributed by atoms with Gasteiger partial charge in [-0.05, 0) is 19.0 Å². The highest BCUT2D eigenvalue weighted by molar-refractivity contribution is 6.38. The van der Waals surface area contributed by atoms with Crippen molar-refractivity contribution < 1.29 is 9.72 Å². The van der Waals surface area contributed by atoms with Crippen LogP contribution in [0.5, 0.6) is 0 Å². The van der Waals surface area contributed by atoms with Crippen LogP contribution in [0.3, 0.4) is 0 Å². The van der Waals surface area contributed by atoms with E-state index in [1.54, 1.807) is 0 Å². The van der Waals surface area contributed by atoms with Crippen molar-refractivity contribution in [1.29, 1.82) is 0 Å². The molecule has 2 rings (SSSR count). The summed E-state index contributed by atoms with van der Waals surface area (Å²) in [6.07, 6.45) is 2.54. The number of aromatic nitrogens is 2. The van der Waals surface area contributed by atoms with Crippen LogP contribution < -0.4 is 10.6 Å². The summed E-state index contributed by atoms with van der Waals surface area (Å²) >= 11 is 12.2. The second kappa shape index (κ2) is 8.80. The molecule has 134 valence electrons. The van der Waals surface area contributed by atoms with Gasteiger partial charge in [0.25, 0.3) is 11.6 Å². The molecule has 1 aromatic heterocycles. The Morgan fingerprint density at radius 2 is 1.96 bits per heavy atom. The van der Waals surface area contributed by atoms with Crippen molar-refractivity contribution in [1.82, 2.24) is 20.4 Å². The highest BCUT2D eigenvalue weighted by Crippen LogP contribution is 2.32. The summed E-state index contributed by atoms with van der Waals surface area (Å²) < 4.78 is 1.32. The summed E-state index contributed by atoms with van der Waals surface area (Å²) in [6, 6.07) is 3.88. The molecule has 0 radical (unpaired) electrons. The number of nitro groups is 1. The molecule has 0 aliphatic carbocycles. The zero-order valence-corrected chi connectivity index (χ0v) is 15.0. The van der Waals surface area contributed by atoms with E-state index in [0.717, 1.165) is 13.0 Å². The van der Waals surface area contributed by atoms with Crippen molar-refractivity contribution in [3.63, 3.8) is 0 Å². The van der Waals surface area contributed by atoms with Crippen molar-refractivity contribution in [3.8, 4) is 5.69 Å². The fraction of sp³-hybridized carbons (Fsp3) is 0.333. The molecule has 0 saturated heterocycles. The Balaban J connectivity index is 2.11. The minimum atomic E-state index is -0.587. The van der Waals surface area contributed by atoms with E-state index in [1.165, 1.54) is 29.1 Å². The molecule has 8 nitrogen and oxygen atoms in total. The summed E-state index contributed by atoms with van der Waals surface area (Å²) in [5.41, 5.74) is 0.252. The molecular weight excluding hydrogens is 369 g/mol. The molecule has 1 amide bonds. The number of nitro benzene ring substituents is 1. The minimum absolute atomic E-state index is 0.0676. The topological polar surface area (TPSA) is 102 Å². The third-order valence-corrected chi connectivity index (χ3v) is 3.85. The Morgan fingerprint density at radius 3 is 2.56 bits per heavy atom. The first-order chi connectivity index (χ1) is 11.9. The third-order valence-electron chi connectivity index (χ3n) is 3.28. The number of amides is 1. The van der Waals surface area contributed by atoms with Gasteiger partial charge in [0.05, 0.1) is 15.0 Å². The standard InChI is InChI=1S/C15H17Cl2N5O3/c1-2-4-18-5-6-19-15(23)13-3-7-21(20-13)14-11(16)8-10(22(24)25)9-12(14)17/h3,7-9,18H,2,4-6H2,1H3,(H,19,23). The van der Waals surface area contributed by atoms with Crippen LogP contribution in [0, 0.1) is 10.1 Å². The molecule has 25 heavy (non-hydrogen) atoms. The molecule has 10 heteroatoms. The first kappa shape index (κ1) is 19.2. The van der Waals surface area contributed by atoms with E-state index in [0.29, 0.717) is 13.1 Å². The van der Waals surface area contributed by atoms with Gasteiger partial charge >= 0.3 is 0 Å². The van der Waals surface area contributed by atoms with Crippen LogP contribution in [0.2, 0.25) is 10.0 Å². The molecule has 0 saturated carbocycles. The first-order valence-electron chi connectivity index (χ1n) is 7.62. The van der Waals surface area contributed by atoms with Crippen LogP contribution in [0.25, 0.3) is 5.69 Å². The summed E-state index contributed by atoms with van der Waals surface area (Å²) in [7, 11) is 0. The summed E-state index contributed by atoms with van der Waals surface area (Å²) in [4.78, 5) is 22.3. The van der Waals surface area contributed by atoms with Crippen molar-refractivity contribution in [3.05, 3.63) is 50.2 Å². The van der Waals surface area contributed by atoms with Gasteiger partial charge in [0.15, 0.2) is 5.69 Å². The van der Waals surface area contributed by atoms with E-state index in [9.17, 15) is 14.9 Å².